The standard InChI is InChI=1S/C22H16Cl2N4O3.C2H6.C2H2.CH2O/c1-11-2-5-14(17(24)8-11)22(30)25-13-4-6-16(23)15(10-13)20-26-18-7-3-12(21(29)28-31)9-19(18)27-20;3*1-2/h2-10,31H,1H3,(H,25,30)(H,26,27)(H,28,29);1-2H3;1-2H;1H2. The molecule has 0 saturated carbocycles. The minimum Gasteiger partial charge on any atom is -0.338 e. The molecule has 1 heterocycles. The number of imidazole rings is 1. The van der Waals surface area contributed by atoms with Crippen LogP contribution in [-0.4, -0.2) is 33.8 Å². The molecule has 10 heteroatoms. The van der Waals surface area contributed by atoms with E-state index in [9.17, 15) is 9.59 Å². The number of hydrogen-bond donors (Lipinski definition) is 4. The zero-order chi connectivity index (χ0) is 28.1. The van der Waals surface area contributed by atoms with Crippen molar-refractivity contribution < 1.29 is 19.6 Å². The molecule has 0 radical (unpaired) electrons. The van der Waals surface area contributed by atoms with Crippen molar-refractivity contribution in [1.29, 1.82) is 0 Å². The number of aromatic amines is 1. The first-order valence-corrected chi connectivity index (χ1v) is 11.5. The summed E-state index contributed by atoms with van der Waals surface area (Å²) in [6, 6.07) is 15.0. The maximum atomic E-state index is 12.6. The van der Waals surface area contributed by atoms with Crippen LogP contribution < -0.4 is 10.8 Å². The van der Waals surface area contributed by atoms with E-state index >= 15 is 0 Å². The number of terminal acetylenes is 1. The molecule has 0 aliphatic rings. The zero-order valence-corrected chi connectivity index (χ0v) is 21.9. The molecule has 0 aliphatic heterocycles. The number of amides is 2. The number of H-pyrrole nitrogens is 1. The number of anilines is 1. The summed E-state index contributed by atoms with van der Waals surface area (Å²) in [6.45, 7) is 7.89. The third-order valence-electron chi connectivity index (χ3n) is 4.69. The predicted molar refractivity (Wildman–Crippen MR) is 148 cm³/mol. The second-order valence-electron chi connectivity index (χ2n) is 6.89. The summed E-state index contributed by atoms with van der Waals surface area (Å²) in [5, 5.41) is 12.4. The molecule has 2 amide bonds. The summed E-state index contributed by atoms with van der Waals surface area (Å²) in [6.07, 6.45) is 8.00. The number of hydroxylamine groups is 1. The van der Waals surface area contributed by atoms with Crippen LogP contribution in [0.15, 0.2) is 54.6 Å². The average molecular weight is 541 g/mol. The number of hydrogen-bond acceptors (Lipinski definition) is 5. The fourth-order valence-electron chi connectivity index (χ4n) is 3.13. The van der Waals surface area contributed by atoms with Gasteiger partial charge in [0.25, 0.3) is 11.8 Å². The van der Waals surface area contributed by atoms with Crippen molar-refractivity contribution in [3.05, 3.63) is 81.3 Å². The van der Waals surface area contributed by atoms with Crippen LogP contribution in [0.3, 0.4) is 0 Å². The van der Waals surface area contributed by atoms with E-state index in [1.54, 1.807) is 54.0 Å². The molecule has 0 unspecified atom stereocenters. The Bertz CT molecular complexity index is 1400. The molecular formula is C27H26Cl2N4O4. The van der Waals surface area contributed by atoms with E-state index in [1.807, 2.05) is 33.6 Å². The Kier molecular flexibility index (Phi) is 12.6. The Balaban J connectivity index is 0.00000106. The highest BCUT2D eigenvalue weighted by molar-refractivity contribution is 6.35. The van der Waals surface area contributed by atoms with Crippen molar-refractivity contribution in [3.63, 3.8) is 0 Å². The summed E-state index contributed by atoms with van der Waals surface area (Å²) < 4.78 is 0. The Labute approximate surface area is 225 Å². The van der Waals surface area contributed by atoms with Crippen LogP contribution in [0.4, 0.5) is 5.69 Å². The van der Waals surface area contributed by atoms with Gasteiger partial charge in [0, 0.05) is 16.8 Å². The van der Waals surface area contributed by atoms with Crippen molar-refractivity contribution in [2.24, 2.45) is 0 Å². The maximum Gasteiger partial charge on any atom is 0.274 e. The lowest BCUT2D eigenvalue weighted by molar-refractivity contribution is -0.0980. The predicted octanol–water partition coefficient (Wildman–Crippen LogP) is 6.31. The van der Waals surface area contributed by atoms with E-state index in [4.69, 9.17) is 33.2 Å². The first kappa shape index (κ1) is 30.9. The topological polar surface area (TPSA) is 124 Å². The number of carbonyl (C=O) groups excluding carboxylic acids is 3. The molecule has 0 aliphatic carbocycles. The Hall–Kier alpha value is -4.16. The maximum absolute atomic E-state index is 12.6. The monoisotopic (exact) mass is 540 g/mol. The van der Waals surface area contributed by atoms with Gasteiger partial charge in [-0.1, -0.05) is 43.1 Å². The molecule has 0 spiro atoms. The van der Waals surface area contributed by atoms with Crippen LogP contribution in [-0.2, 0) is 4.79 Å². The molecule has 8 nitrogen and oxygen atoms in total. The summed E-state index contributed by atoms with van der Waals surface area (Å²) >= 11 is 12.6. The number of halogens is 2. The van der Waals surface area contributed by atoms with Gasteiger partial charge in [-0.05, 0) is 61.0 Å². The molecule has 0 saturated heterocycles. The van der Waals surface area contributed by atoms with Gasteiger partial charge >= 0.3 is 0 Å². The minimum atomic E-state index is -0.629. The van der Waals surface area contributed by atoms with Gasteiger partial charge in [-0.25, -0.2) is 10.5 Å². The van der Waals surface area contributed by atoms with Crippen molar-refractivity contribution >= 4 is 58.5 Å². The van der Waals surface area contributed by atoms with Crippen molar-refractivity contribution in [2.75, 3.05) is 5.32 Å². The van der Waals surface area contributed by atoms with Crippen LogP contribution in [0.2, 0.25) is 10.0 Å². The quantitative estimate of drug-likeness (QED) is 0.137. The second-order valence-corrected chi connectivity index (χ2v) is 7.70. The summed E-state index contributed by atoms with van der Waals surface area (Å²) in [5.41, 5.74) is 5.47. The van der Waals surface area contributed by atoms with Crippen LogP contribution in [0.5, 0.6) is 0 Å². The average Bonchev–Trinajstić information content (AvgIpc) is 3.36. The van der Waals surface area contributed by atoms with Gasteiger partial charge in [0.15, 0.2) is 0 Å². The van der Waals surface area contributed by atoms with Crippen LogP contribution >= 0.6 is 23.2 Å². The molecule has 192 valence electrons. The molecule has 1 aromatic heterocycles. The number of fused-ring (bicyclic) bond motifs is 1. The van der Waals surface area contributed by atoms with Crippen LogP contribution in [0.1, 0.15) is 40.1 Å². The fraction of sp³-hybridized carbons (Fsp3) is 0.111. The lowest BCUT2D eigenvalue weighted by Crippen LogP contribution is -2.18. The number of rotatable bonds is 4. The van der Waals surface area contributed by atoms with Gasteiger partial charge in [-0.2, -0.15) is 0 Å². The first-order chi connectivity index (χ1) is 17.9. The number of aromatic nitrogens is 2. The normalized spacial score (nSPS) is 9.41. The second kappa shape index (κ2) is 15.1. The lowest BCUT2D eigenvalue weighted by Gasteiger charge is -2.09. The number of nitrogens with one attached hydrogen (secondary N) is 3. The third kappa shape index (κ3) is 7.66. The molecule has 37 heavy (non-hydrogen) atoms. The van der Waals surface area contributed by atoms with Gasteiger partial charge < -0.3 is 15.1 Å². The Morgan fingerprint density at radius 1 is 0.946 bits per heavy atom. The highest BCUT2D eigenvalue weighted by atomic mass is 35.5. The van der Waals surface area contributed by atoms with Gasteiger partial charge in [-0.15, -0.1) is 12.8 Å². The number of nitrogens with zero attached hydrogens (tertiary/aromatic N) is 1. The highest BCUT2D eigenvalue weighted by Crippen LogP contribution is 2.31. The molecule has 4 rings (SSSR count). The Morgan fingerprint density at radius 2 is 1.62 bits per heavy atom. The molecule has 0 bridgehead atoms. The summed E-state index contributed by atoms with van der Waals surface area (Å²) in [4.78, 5) is 39.9. The minimum absolute atomic E-state index is 0.271. The molecule has 0 atom stereocenters. The van der Waals surface area contributed by atoms with Crippen molar-refractivity contribution in [2.45, 2.75) is 20.8 Å². The van der Waals surface area contributed by atoms with E-state index in [0.717, 1.165) is 5.56 Å². The van der Waals surface area contributed by atoms with Crippen LogP contribution in [0, 0.1) is 19.8 Å². The highest BCUT2D eigenvalue weighted by Gasteiger charge is 2.15. The zero-order valence-electron chi connectivity index (χ0n) is 20.4. The smallest absolute Gasteiger partial charge is 0.274 e. The molecule has 4 N–H and O–H groups in total. The molecule has 0 fully saturated rings. The molecule has 3 aromatic carbocycles. The van der Waals surface area contributed by atoms with Gasteiger partial charge in [0.1, 0.15) is 12.6 Å². The van der Waals surface area contributed by atoms with E-state index in [2.05, 4.69) is 28.1 Å². The SMILES string of the molecule is C#C.C=O.CC.Cc1ccc(C(=O)Nc2ccc(Cl)c(-c3nc4ccc(C(=O)NO)cc4[nH]3)c2)c(Cl)c1. The molecular weight excluding hydrogens is 515 g/mol. The van der Waals surface area contributed by atoms with Gasteiger partial charge in [-0.3, -0.25) is 14.8 Å². The van der Waals surface area contributed by atoms with E-state index in [-0.39, 0.29) is 11.5 Å². The summed E-state index contributed by atoms with van der Waals surface area (Å²) in [5.74, 6) is -0.510. The third-order valence-corrected chi connectivity index (χ3v) is 5.34. The van der Waals surface area contributed by atoms with E-state index in [1.165, 1.54) is 0 Å². The fourth-order valence-corrected chi connectivity index (χ4v) is 3.66. The molecule has 4 aromatic rings. The van der Waals surface area contributed by atoms with Gasteiger partial charge in [0.05, 0.1) is 26.6 Å². The van der Waals surface area contributed by atoms with E-state index in [0.29, 0.717) is 43.7 Å². The van der Waals surface area contributed by atoms with Crippen LogP contribution in [0.25, 0.3) is 22.4 Å². The number of carbonyl (C=O) groups is 3. The van der Waals surface area contributed by atoms with E-state index < -0.39 is 5.91 Å². The first-order valence-electron chi connectivity index (χ1n) is 10.8. The van der Waals surface area contributed by atoms with Gasteiger partial charge in [0.2, 0.25) is 0 Å². The van der Waals surface area contributed by atoms with Crippen molar-refractivity contribution in [3.8, 4) is 24.2 Å². The number of aryl methyl sites for hydroxylation is 1. The van der Waals surface area contributed by atoms with Crippen molar-refractivity contribution in [1.82, 2.24) is 15.4 Å². The largest absolute Gasteiger partial charge is 0.338 e. The Morgan fingerprint density at radius 3 is 2.24 bits per heavy atom. The lowest BCUT2D eigenvalue weighted by atomic mass is 10.1. The number of benzene rings is 3. The summed E-state index contributed by atoms with van der Waals surface area (Å²) in [7, 11) is 0.